The van der Waals surface area contributed by atoms with Crippen LogP contribution in [-0.2, 0) is 12.4 Å². The van der Waals surface area contributed by atoms with Crippen LogP contribution in [0.5, 0.6) is 0 Å². The van der Waals surface area contributed by atoms with Gasteiger partial charge in [-0.2, -0.15) is 26.3 Å². The highest BCUT2D eigenvalue weighted by molar-refractivity contribution is 5.97. The van der Waals surface area contributed by atoms with E-state index in [0.717, 1.165) is 6.92 Å². The third-order valence-corrected chi connectivity index (χ3v) is 2.31. The lowest BCUT2D eigenvalue weighted by Gasteiger charge is -2.16. The molecule has 0 saturated carbocycles. The molecule has 0 unspecified atom stereocenters. The SMILES string of the molecule is CC(=O)c1cc(C=O)c(C(F)(F)F)cc1C(F)(F)F. The van der Waals surface area contributed by atoms with Gasteiger partial charge in [-0.25, -0.2) is 0 Å². The highest BCUT2D eigenvalue weighted by Crippen LogP contribution is 2.39. The molecule has 0 radical (unpaired) electrons. The van der Waals surface area contributed by atoms with Crippen molar-refractivity contribution in [2.24, 2.45) is 0 Å². The first-order chi connectivity index (χ1) is 8.48. The van der Waals surface area contributed by atoms with Crippen LogP contribution in [0.1, 0.15) is 38.8 Å². The zero-order valence-corrected chi connectivity index (χ0v) is 9.32. The summed E-state index contributed by atoms with van der Waals surface area (Å²) in [6, 6.07) is 0.0848. The number of hydrogen-bond acceptors (Lipinski definition) is 2. The number of alkyl halides is 6. The number of benzene rings is 1. The molecule has 0 N–H and O–H groups in total. The first-order valence-corrected chi connectivity index (χ1v) is 4.77. The quantitative estimate of drug-likeness (QED) is 0.471. The zero-order chi connectivity index (χ0) is 15.0. The number of hydrogen-bond donors (Lipinski definition) is 0. The van der Waals surface area contributed by atoms with Crippen LogP contribution < -0.4 is 0 Å². The van der Waals surface area contributed by atoms with Gasteiger partial charge < -0.3 is 0 Å². The molecule has 0 fully saturated rings. The van der Waals surface area contributed by atoms with Crippen LogP contribution in [0, 0.1) is 0 Å². The van der Waals surface area contributed by atoms with Crippen molar-refractivity contribution in [3.63, 3.8) is 0 Å². The number of carbonyl (C=O) groups excluding carboxylic acids is 2. The fraction of sp³-hybridized carbons (Fsp3) is 0.273. The third-order valence-electron chi connectivity index (χ3n) is 2.31. The van der Waals surface area contributed by atoms with Crippen LogP contribution in [0.3, 0.4) is 0 Å². The maximum Gasteiger partial charge on any atom is 0.417 e. The Labute approximate surface area is 103 Å². The van der Waals surface area contributed by atoms with Gasteiger partial charge in [0, 0.05) is 11.1 Å². The highest BCUT2D eigenvalue weighted by atomic mass is 19.4. The number of aldehydes is 1. The molecule has 0 saturated heterocycles. The predicted molar refractivity (Wildman–Crippen MR) is 51.8 cm³/mol. The minimum absolute atomic E-state index is 0.222. The Hall–Kier alpha value is -1.86. The number of ketones is 1. The number of carbonyl (C=O) groups is 2. The average Bonchev–Trinajstić information content (AvgIpc) is 2.24. The molecule has 19 heavy (non-hydrogen) atoms. The standard InChI is InChI=1S/C11H6F6O2/c1-5(19)7-2-6(4-18)8(10(12,13)14)3-9(7)11(15,16)17/h2-4H,1H3. The van der Waals surface area contributed by atoms with E-state index in [9.17, 15) is 35.9 Å². The van der Waals surface area contributed by atoms with E-state index in [1.807, 2.05) is 0 Å². The van der Waals surface area contributed by atoms with Crippen LogP contribution in [-0.4, -0.2) is 12.1 Å². The summed E-state index contributed by atoms with van der Waals surface area (Å²) in [5.41, 5.74) is -5.41. The summed E-state index contributed by atoms with van der Waals surface area (Å²) >= 11 is 0. The molecule has 2 nitrogen and oxygen atoms in total. The van der Waals surface area contributed by atoms with E-state index in [1.54, 1.807) is 0 Å². The molecule has 0 aromatic heterocycles. The molecule has 104 valence electrons. The molecule has 0 heterocycles. The zero-order valence-electron chi connectivity index (χ0n) is 9.32. The Bertz CT molecular complexity index is 527. The molecule has 0 bridgehead atoms. The van der Waals surface area contributed by atoms with Crippen LogP contribution in [0.4, 0.5) is 26.3 Å². The van der Waals surface area contributed by atoms with E-state index >= 15 is 0 Å². The monoisotopic (exact) mass is 284 g/mol. The Morgan fingerprint density at radius 1 is 1.00 bits per heavy atom. The van der Waals surface area contributed by atoms with Gasteiger partial charge in [0.1, 0.15) is 0 Å². The molecule has 1 aromatic rings. The van der Waals surface area contributed by atoms with Crippen LogP contribution in [0.2, 0.25) is 0 Å². The Balaban J connectivity index is 3.72. The van der Waals surface area contributed by atoms with Gasteiger partial charge in [0.25, 0.3) is 0 Å². The van der Waals surface area contributed by atoms with E-state index in [-0.39, 0.29) is 12.4 Å². The second kappa shape index (κ2) is 4.67. The number of rotatable bonds is 2. The summed E-state index contributed by atoms with van der Waals surface area (Å²) in [5.74, 6) is -1.08. The third kappa shape index (κ3) is 3.12. The van der Waals surface area contributed by atoms with Gasteiger partial charge in [-0.15, -0.1) is 0 Å². The molecular formula is C11H6F6O2. The minimum Gasteiger partial charge on any atom is -0.298 e. The van der Waals surface area contributed by atoms with E-state index < -0.39 is 40.4 Å². The summed E-state index contributed by atoms with van der Waals surface area (Å²) in [5, 5.41) is 0. The molecule has 8 heteroatoms. The molecule has 0 amide bonds. The van der Waals surface area contributed by atoms with Gasteiger partial charge >= 0.3 is 12.4 Å². The fourth-order valence-corrected chi connectivity index (χ4v) is 1.49. The Kier molecular flexibility index (Phi) is 3.74. The predicted octanol–water partition coefficient (Wildman–Crippen LogP) is 3.74. The maximum atomic E-state index is 12.6. The van der Waals surface area contributed by atoms with Crippen LogP contribution >= 0.6 is 0 Å². The van der Waals surface area contributed by atoms with Gasteiger partial charge in [0.2, 0.25) is 0 Å². The first kappa shape index (κ1) is 15.2. The summed E-state index contributed by atoms with van der Waals surface area (Å²) in [4.78, 5) is 21.6. The summed E-state index contributed by atoms with van der Waals surface area (Å²) in [6.45, 7) is 0.770. The van der Waals surface area contributed by atoms with Crippen molar-refractivity contribution < 1.29 is 35.9 Å². The molecule has 0 spiro atoms. The van der Waals surface area contributed by atoms with Crippen molar-refractivity contribution >= 4 is 12.1 Å². The lowest BCUT2D eigenvalue weighted by atomic mass is 9.96. The molecule has 1 rings (SSSR count). The first-order valence-electron chi connectivity index (χ1n) is 4.77. The molecule has 0 aliphatic carbocycles. The van der Waals surface area contributed by atoms with Gasteiger partial charge in [-0.1, -0.05) is 0 Å². The lowest BCUT2D eigenvalue weighted by molar-refractivity contribution is -0.143. The van der Waals surface area contributed by atoms with Crippen molar-refractivity contribution in [2.45, 2.75) is 19.3 Å². The van der Waals surface area contributed by atoms with Crippen molar-refractivity contribution in [2.75, 3.05) is 0 Å². The van der Waals surface area contributed by atoms with Crippen molar-refractivity contribution in [1.29, 1.82) is 0 Å². The molecule has 0 atom stereocenters. The van der Waals surface area contributed by atoms with Gasteiger partial charge in [-0.05, 0) is 19.1 Å². The van der Waals surface area contributed by atoms with Gasteiger partial charge in [0.15, 0.2) is 12.1 Å². The van der Waals surface area contributed by atoms with Gasteiger partial charge in [0.05, 0.1) is 11.1 Å². The average molecular weight is 284 g/mol. The molecule has 0 aliphatic heterocycles. The normalized spacial score (nSPS) is 12.4. The van der Waals surface area contributed by atoms with Gasteiger partial charge in [-0.3, -0.25) is 9.59 Å². The number of halogens is 6. The molecule has 1 aromatic carbocycles. The Morgan fingerprint density at radius 2 is 1.47 bits per heavy atom. The maximum absolute atomic E-state index is 12.6. The fourth-order valence-electron chi connectivity index (χ4n) is 1.49. The van der Waals surface area contributed by atoms with E-state index in [2.05, 4.69) is 0 Å². The van der Waals surface area contributed by atoms with Crippen molar-refractivity contribution in [1.82, 2.24) is 0 Å². The second-order valence-electron chi connectivity index (χ2n) is 3.65. The minimum atomic E-state index is -5.12. The van der Waals surface area contributed by atoms with E-state index in [4.69, 9.17) is 0 Å². The van der Waals surface area contributed by atoms with E-state index in [1.165, 1.54) is 0 Å². The van der Waals surface area contributed by atoms with Crippen LogP contribution in [0.25, 0.3) is 0 Å². The largest absolute Gasteiger partial charge is 0.417 e. The van der Waals surface area contributed by atoms with E-state index in [0.29, 0.717) is 6.07 Å². The van der Waals surface area contributed by atoms with Crippen LogP contribution in [0.15, 0.2) is 12.1 Å². The molecule has 0 aliphatic rings. The lowest BCUT2D eigenvalue weighted by Crippen LogP contribution is -2.17. The summed E-state index contributed by atoms with van der Waals surface area (Å²) < 4.78 is 75.4. The summed E-state index contributed by atoms with van der Waals surface area (Å²) in [6.07, 6.45) is -10.5. The smallest absolute Gasteiger partial charge is 0.298 e. The summed E-state index contributed by atoms with van der Waals surface area (Å²) in [7, 11) is 0. The second-order valence-corrected chi connectivity index (χ2v) is 3.65. The topological polar surface area (TPSA) is 34.1 Å². The van der Waals surface area contributed by atoms with Crippen molar-refractivity contribution in [3.8, 4) is 0 Å². The molecular weight excluding hydrogens is 278 g/mol. The number of Topliss-reactive ketones (excluding diaryl/α,β-unsaturated/α-hetero) is 1. The highest BCUT2D eigenvalue weighted by Gasteiger charge is 2.40. The van der Waals surface area contributed by atoms with Crippen molar-refractivity contribution in [3.05, 3.63) is 34.4 Å². The Morgan fingerprint density at radius 3 is 1.79 bits per heavy atom.